The van der Waals surface area contributed by atoms with Gasteiger partial charge in [0.25, 0.3) is 0 Å². The smallest absolute Gasteiger partial charge is 0.305 e. The van der Waals surface area contributed by atoms with Crippen LogP contribution in [0.4, 0.5) is 0 Å². The van der Waals surface area contributed by atoms with Crippen molar-refractivity contribution in [2.75, 3.05) is 0 Å². The van der Waals surface area contributed by atoms with Crippen LogP contribution in [0.5, 0.6) is 0 Å². The fourth-order valence-corrected chi connectivity index (χ4v) is 4.44. The summed E-state index contributed by atoms with van der Waals surface area (Å²) < 4.78 is 0. The standard InChI is InChI=1S/C21H23NO3/c23-19(24)13-21(10-3-4-11-21)22-20(25)18-12-17(18)16-9-5-7-14-6-1-2-8-15(14)16/h1-2,5-9,17-18H,3-4,10-13H2,(H,22,25)(H,23,24). The Hall–Kier alpha value is -2.36. The summed E-state index contributed by atoms with van der Waals surface area (Å²) in [5.41, 5.74) is 0.700. The molecule has 0 heterocycles. The van der Waals surface area contributed by atoms with Gasteiger partial charge in [0, 0.05) is 5.92 Å². The summed E-state index contributed by atoms with van der Waals surface area (Å²) in [4.78, 5) is 24.0. The molecule has 2 saturated carbocycles. The van der Waals surface area contributed by atoms with Crippen molar-refractivity contribution in [1.82, 2.24) is 5.32 Å². The first-order valence-corrected chi connectivity index (χ1v) is 9.09. The van der Waals surface area contributed by atoms with Crippen molar-refractivity contribution < 1.29 is 14.7 Å². The molecule has 2 aromatic rings. The third-order valence-electron chi connectivity index (χ3n) is 5.79. The van der Waals surface area contributed by atoms with Crippen LogP contribution in [0.1, 0.15) is 50.0 Å². The number of carbonyl (C=O) groups is 2. The Labute approximate surface area is 147 Å². The largest absolute Gasteiger partial charge is 0.481 e. The maximum absolute atomic E-state index is 12.8. The maximum atomic E-state index is 12.8. The first kappa shape index (κ1) is 16.1. The summed E-state index contributed by atoms with van der Waals surface area (Å²) in [6.07, 6.45) is 4.41. The van der Waals surface area contributed by atoms with Crippen LogP contribution in [0.2, 0.25) is 0 Å². The molecule has 0 aromatic heterocycles. The molecule has 0 spiro atoms. The lowest BCUT2D eigenvalue weighted by atomic mass is 9.92. The van der Waals surface area contributed by atoms with Gasteiger partial charge in [-0.05, 0) is 41.5 Å². The highest BCUT2D eigenvalue weighted by atomic mass is 16.4. The molecular weight excluding hydrogens is 314 g/mol. The van der Waals surface area contributed by atoms with Crippen LogP contribution in [-0.2, 0) is 9.59 Å². The lowest BCUT2D eigenvalue weighted by Gasteiger charge is -2.28. The molecule has 0 bridgehead atoms. The van der Waals surface area contributed by atoms with Crippen molar-refractivity contribution in [3.05, 3.63) is 48.0 Å². The zero-order valence-electron chi connectivity index (χ0n) is 14.2. The third kappa shape index (κ3) is 3.13. The van der Waals surface area contributed by atoms with Gasteiger partial charge in [-0.2, -0.15) is 0 Å². The minimum atomic E-state index is -0.830. The molecule has 2 aliphatic rings. The van der Waals surface area contributed by atoms with E-state index in [1.165, 1.54) is 16.3 Å². The van der Waals surface area contributed by atoms with Gasteiger partial charge in [0.1, 0.15) is 0 Å². The Balaban J connectivity index is 1.50. The van der Waals surface area contributed by atoms with E-state index in [0.717, 1.165) is 32.1 Å². The van der Waals surface area contributed by atoms with Gasteiger partial charge in [-0.25, -0.2) is 0 Å². The molecule has 0 saturated heterocycles. The van der Waals surface area contributed by atoms with Crippen molar-refractivity contribution in [3.8, 4) is 0 Å². The summed E-state index contributed by atoms with van der Waals surface area (Å²) in [6, 6.07) is 14.5. The van der Waals surface area contributed by atoms with Crippen LogP contribution in [0, 0.1) is 5.92 Å². The van der Waals surface area contributed by atoms with E-state index in [0.29, 0.717) is 0 Å². The molecular formula is C21H23NO3. The monoisotopic (exact) mass is 337 g/mol. The Kier molecular flexibility index (Phi) is 3.98. The van der Waals surface area contributed by atoms with Gasteiger partial charge in [-0.15, -0.1) is 0 Å². The second-order valence-corrected chi connectivity index (χ2v) is 7.56. The number of amides is 1. The molecule has 2 aliphatic carbocycles. The minimum absolute atomic E-state index is 0.0288. The normalized spacial score (nSPS) is 24.2. The van der Waals surface area contributed by atoms with Crippen LogP contribution >= 0.6 is 0 Å². The predicted molar refractivity (Wildman–Crippen MR) is 96.4 cm³/mol. The van der Waals surface area contributed by atoms with Gasteiger partial charge in [0.05, 0.1) is 12.0 Å². The minimum Gasteiger partial charge on any atom is -0.481 e. The van der Waals surface area contributed by atoms with E-state index in [1.54, 1.807) is 0 Å². The molecule has 25 heavy (non-hydrogen) atoms. The number of hydrogen-bond donors (Lipinski definition) is 2. The van der Waals surface area contributed by atoms with Gasteiger partial charge >= 0.3 is 5.97 Å². The molecule has 2 aromatic carbocycles. The van der Waals surface area contributed by atoms with E-state index >= 15 is 0 Å². The second-order valence-electron chi connectivity index (χ2n) is 7.56. The van der Waals surface area contributed by atoms with Crippen molar-refractivity contribution >= 4 is 22.6 Å². The van der Waals surface area contributed by atoms with Gasteiger partial charge in [-0.3, -0.25) is 9.59 Å². The number of carboxylic acid groups (broad SMARTS) is 1. The molecule has 4 rings (SSSR count). The average molecular weight is 337 g/mol. The van der Waals surface area contributed by atoms with E-state index in [4.69, 9.17) is 0 Å². The highest BCUT2D eigenvalue weighted by molar-refractivity contribution is 5.90. The van der Waals surface area contributed by atoms with Crippen LogP contribution < -0.4 is 5.32 Å². The molecule has 2 atom stereocenters. The van der Waals surface area contributed by atoms with Gasteiger partial charge in [0.15, 0.2) is 0 Å². The summed E-state index contributed by atoms with van der Waals surface area (Å²) in [7, 11) is 0. The number of fused-ring (bicyclic) bond motifs is 1. The number of carboxylic acids is 1. The Morgan fingerprint density at radius 2 is 1.80 bits per heavy atom. The van der Waals surface area contributed by atoms with Crippen molar-refractivity contribution in [1.29, 1.82) is 0 Å². The summed E-state index contributed by atoms with van der Waals surface area (Å²) >= 11 is 0. The molecule has 2 unspecified atom stereocenters. The number of carbonyl (C=O) groups excluding carboxylic acids is 1. The van der Waals surface area contributed by atoms with Gasteiger partial charge < -0.3 is 10.4 Å². The zero-order chi connectivity index (χ0) is 17.4. The fourth-order valence-electron chi connectivity index (χ4n) is 4.44. The van der Waals surface area contributed by atoms with Gasteiger partial charge in [0.2, 0.25) is 5.91 Å². The van der Waals surface area contributed by atoms with E-state index in [1.807, 2.05) is 18.2 Å². The molecule has 4 heteroatoms. The number of nitrogens with one attached hydrogen (secondary N) is 1. The summed E-state index contributed by atoms with van der Waals surface area (Å²) in [6.45, 7) is 0. The maximum Gasteiger partial charge on any atom is 0.305 e. The van der Waals surface area contributed by atoms with Crippen molar-refractivity contribution in [2.24, 2.45) is 5.92 Å². The number of hydrogen-bond acceptors (Lipinski definition) is 2. The lowest BCUT2D eigenvalue weighted by molar-refractivity contribution is -0.139. The number of benzene rings is 2. The molecule has 2 fully saturated rings. The number of rotatable bonds is 5. The molecule has 130 valence electrons. The number of aliphatic carboxylic acids is 1. The van der Waals surface area contributed by atoms with E-state index < -0.39 is 11.5 Å². The van der Waals surface area contributed by atoms with Crippen LogP contribution in [0.15, 0.2) is 42.5 Å². The van der Waals surface area contributed by atoms with Crippen molar-refractivity contribution in [3.63, 3.8) is 0 Å². The molecule has 0 radical (unpaired) electrons. The SMILES string of the molecule is O=C(O)CC1(NC(=O)C2CC2c2cccc3ccccc23)CCCC1. The first-order valence-electron chi connectivity index (χ1n) is 9.09. The molecule has 2 N–H and O–H groups in total. The molecule has 0 aliphatic heterocycles. The van der Waals surface area contributed by atoms with Crippen molar-refractivity contribution in [2.45, 2.75) is 50.0 Å². The molecule has 4 nitrogen and oxygen atoms in total. The Morgan fingerprint density at radius 1 is 1.08 bits per heavy atom. The average Bonchev–Trinajstić information content (AvgIpc) is 3.28. The summed E-state index contributed by atoms with van der Waals surface area (Å²) in [5.74, 6) is -0.587. The highest BCUT2D eigenvalue weighted by Gasteiger charge is 2.47. The summed E-state index contributed by atoms with van der Waals surface area (Å²) in [5, 5.41) is 14.7. The van der Waals surface area contributed by atoms with Gasteiger partial charge in [-0.1, -0.05) is 55.3 Å². The topological polar surface area (TPSA) is 66.4 Å². The van der Waals surface area contributed by atoms with E-state index in [2.05, 4.69) is 29.6 Å². The third-order valence-corrected chi connectivity index (χ3v) is 5.79. The second kappa shape index (κ2) is 6.17. The Bertz CT molecular complexity index is 818. The molecule has 1 amide bonds. The quantitative estimate of drug-likeness (QED) is 0.871. The van der Waals surface area contributed by atoms with E-state index in [9.17, 15) is 14.7 Å². The lowest BCUT2D eigenvalue weighted by Crippen LogP contribution is -2.48. The zero-order valence-corrected chi connectivity index (χ0v) is 14.2. The van der Waals surface area contributed by atoms with E-state index in [-0.39, 0.29) is 24.2 Å². The fraction of sp³-hybridized carbons (Fsp3) is 0.429. The first-order chi connectivity index (χ1) is 12.1. The highest BCUT2D eigenvalue weighted by Crippen LogP contribution is 2.50. The Morgan fingerprint density at radius 3 is 2.56 bits per heavy atom. The predicted octanol–water partition coefficient (Wildman–Crippen LogP) is 3.85. The van der Waals surface area contributed by atoms with Crippen LogP contribution in [0.25, 0.3) is 10.8 Å². The van der Waals surface area contributed by atoms with Crippen LogP contribution in [0.3, 0.4) is 0 Å². The van der Waals surface area contributed by atoms with Crippen LogP contribution in [-0.4, -0.2) is 22.5 Å².